The number of fused-ring (bicyclic) bond motifs is 1. The van der Waals surface area contributed by atoms with Gasteiger partial charge in [-0.3, -0.25) is 0 Å². The minimum atomic E-state index is 0.271. The van der Waals surface area contributed by atoms with E-state index in [1.54, 1.807) is 25.5 Å². The predicted molar refractivity (Wildman–Crippen MR) is 133 cm³/mol. The number of imidazole rings is 1. The van der Waals surface area contributed by atoms with Crippen molar-refractivity contribution >= 4 is 62.3 Å². The van der Waals surface area contributed by atoms with E-state index < -0.39 is 0 Å². The third-order valence-corrected chi connectivity index (χ3v) is 5.98. The van der Waals surface area contributed by atoms with Crippen molar-refractivity contribution in [2.75, 3.05) is 12.5 Å². The number of halogens is 3. The molecule has 1 heterocycles. The topological polar surface area (TPSA) is 60.7 Å². The van der Waals surface area contributed by atoms with Crippen LogP contribution < -0.4 is 14.9 Å². The fourth-order valence-corrected chi connectivity index (χ4v) is 4.19. The molecule has 3 aromatic carbocycles. The standard InChI is InChI=1S/C23H19BrCl2N4O2/c1-30-20-6-4-3-5-19(20)28-23(30)29-27-12-14-9-17(24)22(21(10-14)31-2)32-13-15-7-8-16(25)11-18(15)26/h3-12H,13H2,1-2H3,(H,28,29)/b27-12-. The molecule has 1 aromatic heterocycles. The first-order valence-corrected chi connectivity index (χ1v) is 11.2. The Bertz CT molecular complexity index is 1310. The Labute approximate surface area is 203 Å². The molecule has 6 nitrogen and oxygen atoms in total. The molecule has 164 valence electrons. The Kier molecular flexibility index (Phi) is 6.89. The van der Waals surface area contributed by atoms with Crippen molar-refractivity contribution in [2.45, 2.75) is 6.61 Å². The normalized spacial score (nSPS) is 11.3. The van der Waals surface area contributed by atoms with E-state index in [0.29, 0.717) is 27.5 Å². The van der Waals surface area contributed by atoms with Gasteiger partial charge < -0.3 is 14.0 Å². The Morgan fingerprint density at radius 2 is 1.97 bits per heavy atom. The van der Waals surface area contributed by atoms with E-state index in [4.69, 9.17) is 32.7 Å². The number of benzene rings is 3. The molecule has 0 spiro atoms. The lowest BCUT2D eigenvalue weighted by molar-refractivity contribution is 0.282. The van der Waals surface area contributed by atoms with Crippen molar-refractivity contribution < 1.29 is 9.47 Å². The lowest BCUT2D eigenvalue weighted by Crippen LogP contribution is -2.01. The van der Waals surface area contributed by atoms with Gasteiger partial charge in [0.1, 0.15) is 6.61 Å². The summed E-state index contributed by atoms with van der Waals surface area (Å²) in [5, 5.41) is 5.44. The zero-order valence-electron chi connectivity index (χ0n) is 17.3. The Balaban J connectivity index is 1.50. The van der Waals surface area contributed by atoms with Gasteiger partial charge in [0.05, 0.1) is 28.8 Å². The fourth-order valence-electron chi connectivity index (χ4n) is 3.15. The minimum absolute atomic E-state index is 0.271. The summed E-state index contributed by atoms with van der Waals surface area (Å²) in [4.78, 5) is 4.54. The summed E-state index contributed by atoms with van der Waals surface area (Å²) in [5.41, 5.74) is 6.55. The van der Waals surface area contributed by atoms with Gasteiger partial charge in [0.15, 0.2) is 11.5 Å². The predicted octanol–water partition coefficient (Wildman–Crippen LogP) is 6.68. The molecule has 0 saturated carbocycles. The molecule has 0 amide bonds. The van der Waals surface area contributed by atoms with Crippen LogP contribution in [-0.4, -0.2) is 22.9 Å². The van der Waals surface area contributed by atoms with Crippen molar-refractivity contribution in [2.24, 2.45) is 12.1 Å². The van der Waals surface area contributed by atoms with E-state index in [-0.39, 0.29) is 6.61 Å². The Hall–Kier alpha value is -2.74. The van der Waals surface area contributed by atoms with Gasteiger partial charge in [0, 0.05) is 22.7 Å². The van der Waals surface area contributed by atoms with E-state index >= 15 is 0 Å². The largest absolute Gasteiger partial charge is 0.493 e. The van der Waals surface area contributed by atoms with E-state index in [2.05, 4.69) is 31.4 Å². The molecule has 0 saturated heterocycles. The van der Waals surface area contributed by atoms with Crippen LogP contribution in [0.2, 0.25) is 10.0 Å². The average molecular weight is 534 g/mol. The van der Waals surface area contributed by atoms with Crippen LogP contribution in [0.1, 0.15) is 11.1 Å². The van der Waals surface area contributed by atoms with Crippen LogP contribution >= 0.6 is 39.1 Å². The average Bonchev–Trinajstić information content (AvgIpc) is 3.09. The second-order valence-corrected chi connectivity index (χ2v) is 8.61. The highest BCUT2D eigenvalue weighted by atomic mass is 79.9. The number of aryl methyl sites for hydroxylation is 1. The van der Waals surface area contributed by atoms with E-state index in [1.165, 1.54) is 0 Å². The number of hydrogen-bond acceptors (Lipinski definition) is 5. The highest BCUT2D eigenvalue weighted by Gasteiger charge is 2.13. The SMILES string of the molecule is COc1cc(/C=N\Nc2nc3ccccc3n2C)cc(Br)c1OCc1ccc(Cl)cc1Cl. The smallest absolute Gasteiger partial charge is 0.224 e. The molecule has 0 aliphatic rings. The van der Waals surface area contributed by atoms with E-state index in [1.807, 2.05) is 54.1 Å². The van der Waals surface area contributed by atoms with Gasteiger partial charge in [-0.2, -0.15) is 5.10 Å². The van der Waals surface area contributed by atoms with Crippen LogP contribution in [0, 0.1) is 0 Å². The highest BCUT2D eigenvalue weighted by Crippen LogP contribution is 2.37. The first-order valence-electron chi connectivity index (χ1n) is 9.61. The molecule has 32 heavy (non-hydrogen) atoms. The van der Waals surface area contributed by atoms with Crippen LogP contribution in [-0.2, 0) is 13.7 Å². The zero-order valence-corrected chi connectivity index (χ0v) is 20.4. The fraction of sp³-hybridized carbons (Fsp3) is 0.130. The number of ether oxygens (including phenoxy) is 2. The number of rotatable bonds is 7. The molecular formula is C23H19BrCl2N4O2. The van der Waals surface area contributed by atoms with Gasteiger partial charge in [0.25, 0.3) is 0 Å². The molecule has 0 aliphatic heterocycles. The zero-order chi connectivity index (χ0) is 22.7. The number of nitrogens with one attached hydrogen (secondary N) is 1. The molecular weight excluding hydrogens is 515 g/mol. The monoisotopic (exact) mass is 532 g/mol. The molecule has 0 atom stereocenters. The number of nitrogens with zero attached hydrogens (tertiary/aromatic N) is 3. The number of hydrazone groups is 1. The summed E-state index contributed by atoms with van der Waals surface area (Å²) >= 11 is 15.8. The molecule has 0 fully saturated rings. The maximum Gasteiger partial charge on any atom is 0.224 e. The highest BCUT2D eigenvalue weighted by molar-refractivity contribution is 9.10. The van der Waals surface area contributed by atoms with Gasteiger partial charge in [0.2, 0.25) is 5.95 Å². The van der Waals surface area contributed by atoms with Gasteiger partial charge in [-0.05, 0) is 57.9 Å². The van der Waals surface area contributed by atoms with Crippen molar-refractivity contribution in [1.29, 1.82) is 0 Å². The van der Waals surface area contributed by atoms with Crippen molar-refractivity contribution in [3.63, 3.8) is 0 Å². The Morgan fingerprint density at radius 1 is 1.16 bits per heavy atom. The molecule has 4 aromatic rings. The van der Waals surface area contributed by atoms with Crippen molar-refractivity contribution in [3.05, 3.63) is 80.2 Å². The van der Waals surface area contributed by atoms with Gasteiger partial charge in [-0.25, -0.2) is 10.4 Å². The molecule has 0 bridgehead atoms. The van der Waals surface area contributed by atoms with Crippen molar-refractivity contribution in [1.82, 2.24) is 9.55 Å². The van der Waals surface area contributed by atoms with E-state index in [9.17, 15) is 0 Å². The summed E-state index contributed by atoms with van der Waals surface area (Å²) < 4.78 is 14.2. The van der Waals surface area contributed by atoms with Crippen molar-refractivity contribution in [3.8, 4) is 11.5 Å². The van der Waals surface area contributed by atoms with Crippen LogP contribution in [0.4, 0.5) is 5.95 Å². The maximum absolute atomic E-state index is 6.24. The lowest BCUT2D eigenvalue weighted by Gasteiger charge is -2.14. The molecule has 4 rings (SSSR count). The third-order valence-electron chi connectivity index (χ3n) is 4.80. The summed E-state index contributed by atoms with van der Waals surface area (Å²) in [5.74, 6) is 1.78. The number of hydrogen-bond donors (Lipinski definition) is 1. The number of anilines is 1. The van der Waals surface area contributed by atoms with Gasteiger partial charge in [-0.15, -0.1) is 0 Å². The second-order valence-electron chi connectivity index (χ2n) is 6.91. The number of para-hydroxylation sites is 2. The van der Waals surface area contributed by atoms with E-state index in [0.717, 1.165) is 26.6 Å². The Morgan fingerprint density at radius 3 is 2.72 bits per heavy atom. The molecule has 9 heteroatoms. The summed E-state index contributed by atoms with van der Waals surface area (Å²) in [6, 6.07) is 16.9. The lowest BCUT2D eigenvalue weighted by atomic mass is 10.2. The van der Waals surface area contributed by atoms with Crippen LogP contribution in [0.25, 0.3) is 11.0 Å². The number of methoxy groups -OCH3 is 1. The first-order chi connectivity index (χ1) is 15.5. The molecule has 1 N–H and O–H groups in total. The van der Waals surface area contributed by atoms with Crippen LogP contribution in [0.5, 0.6) is 11.5 Å². The summed E-state index contributed by atoms with van der Waals surface area (Å²) in [6.07, 6.45) is 1.69. The molecule has 0 unspecified atom stereocenters. The maximum atomic E-state index is 6.24. The molecule has 0 aliphatic carbocycles. The summed E-state index contributed by atoms with van der Waals surface area (Å²) in [7, 11) is 3.52. The van der Waals surface area contributed by atoms with Crippen LogP contribution in [0.15, 0.2) is 64.2 Å². The van der Waals surface area contributed by atoms with Crippen LogP contribution in [0.3, 0.4) is 0 Å². The first kappa shape index (κ1) is 22.5. The third kappa shape index (κ3) is 4.85. The molecule has 0 radical (unpaired) electrons. The quantitative estimate of drug-likeness (QED) is 0.213. The summed E-state index contributed by atoms with van der Waals surface area (Å²) in [6.45, 7) is 0.271. The van der Waals surface area contributed by atoms with Gasteiger partial charge >= 0.3 is 0 Å². The minimum Gasteiger partial charge on any atom is -0.493 e. The number of aromatic nitrogens is 2. The second kappa shape index (κ2) is 9.81. The van der Waals surface area contributed by atoms with Gasteiger partial charge in [-0.1, -0.05) is 41.4 Å².